The van der Waals surface area contributed by atoms with Gasteiger partial charge in [0.25, 0.3) is 0 Å². The Morgan fingerprint density at radius 1 is 0.906 bits per heavy atom. The van der Waals surface area contributed by atoms with Crippen LogP contribution in [0, 0.1) is 0 Å². The van der Waals surface area contributed by atoms with Crippen LogP contribution in [0.3, 0.4) is 0 Å². The lowest BCUT2D eigenvalue weighted by Crippen LogP contribution is -2.34. The lowest BCUT2D eigenvalue weighted by atomic mass is 9.95. The third-order valence-corrected chi connectivity index (χ3v) is 6.35. The molecule has 0 unspecified atom stereocenters. The van der Waals surface area contributed by atoms with Crippen molar-refractivity contribution in [1.82, 2.24) is 5.01 Å². The molecule has 3 aromatic carbocycles. The van der Waals surface area contributed by atoms with E-state index in [2.05, 4.69) is 28.1 Å². The van der Waals surface area contributed by atoms with Crippen LogP contribution in [0.1, 0.15) is 35.4 Å². The van der Waals surface area contributed by atoms with Crippen molar-refractivity contribution in [2.45, 2.75) is 18.7 Å². The molecule has 7 heteroatoms. The maximum Gasteiger partial charge on any atom is 0.217 e. The molecule has 0 N–H and O–H groups in total. The fourth-order valence-electron chi connectivity index (χ4n) is 4.26. The minimum absolute atomic E-state index is 0.0364. The molecule has 0 spiro atoms. The molecule has 0 fully saturated rings. The zero-order valence-corrected chi connectivity index (χ0v) is 19.6. The molecule has 0 bridgehead atoms. The molecular formula is C25H23BrN2O4. The van der Waals surface area contributed by atoms with E-state index < -0.39 is 6.23 Å². The number of halogens is 1. The van der Waals surface area contributed by atoms with Gasteiger partial charge in [-0.05, 0) is 42.5 Å². The molecule has 2 atom stereocenters. The van der Waals surface area contributed by atoms with Crippen molar-refractivity contribution < 1.29 is 18.9 Å². The minimum Gasteiger partial charge on any atom is -0.497 e. The summed E-state index contributed by atoms with van der Waals surface area (Å²) in [7, 11) is 4.96. The highest BCUT2D eigenvalue weighted by atomic mass is 79.9. The van der Waals surface area contributed by atoms with Crippen molar-refractivity contribution in [3.05, 3.63) is 81.8 Å². The minimum atomic E-state index is -0.433. The molecule has 0 saturated heterocycles. The first-order chi connectivity index (χ1) is 15.6. The Morgan fingerprint density at radius 2 is 1.72 bits per heavy atom. The van der Waals surface area contributed by atoms with Crippen molar-refractivity contribution in [3.63, 3.8) is 0 Å². The van der Waals surface area contributed by atoms with E-state index in [1.165, 1.54) is 0 Å². The maximum absolute atomic E-state index is 6.48. The fraction of sp³-hybridized carbons (Fsp3) is 0.240. The van der Waals surface area contributed by atoms with Crippen LogP contribution in [0.25, 0.3) is 0 Å². The van der Waals surface area contributed by atoms with Gasteiger partial charge < -0.3 is 18.9 Å². The van der Waals surface area contributed by atoms with E-state index in [0.29, 0.717) is 5.75 Å². The van der Waals surface area contributed by atoms with E-state index in [0.717, 1.165) is 50.5 Å². The first-order valence-corrected chi connectivity index (χ1v) is 11.1. The second-order valence-electron chi connectivity index (χ2n) is 7.64. The summed E-state index contributed by atoms with van der Waals surface area (Å²) in [6, 6.07) is 19.9. The summed E-state index contributed by atoms with van der Waals surface area (Å²) in [5.41, 5.74) is 4.02. The van der Waals surface area contributed by atoms with Crippen molar-refractivity contribution in [2.24, 2.45) is 5.10 Å². The lowest BCUT2D eigenvalue weighted by molar-refractivity contribution is -0.0204. The van der Waals surface area contributed by atoms with Crippen LogP contribution in [-0.2, 0) is 0 Å². The molecule has 2 aliphatic heterocycles. The molecule has 3 aromatic rings. The molecule has 164 valence electrons. The van der Waals surface area contributed by atoms with Crippen molar-refractivity contribution >= 4 is 21.6 Å². The Kier molecular flexibility index (Phi) is 5.43. The smallest absolute Gasteiger partial charge is 0.217 e. The number of methoxy groups -OCH3 is 3. The van der Waals surface area contributed by atoms with Crippen molar-refractivity contribution in [3.8, 4) is 23.0 Å². The van der Waals surface area contributed by atoms with Crippen LogP contribution >= 0.6 is 15.9 Å². The zero-order chi connectivity index (χ0) is 22.2. The van der Waals surface area contributed by atoms with Gasteiger partial charge in [-0.3, -0.25) is 0 Å². The van der Waals surface area contributed by atoms with Crippen LogP contribution < -0.4 is 18.9 Å². The van der Waals surface area contributed by atoms with Gasteiger partial charge in [0, 0.05) is 28.1 Å². The topological polar surface area (TPSA) is 52.5 Å². The highest BCUT2D eigenvalue weighted by Crippen LogP contribution is 2.49. The van der Waals surface area contributed by atoms with Crippen LogP contribution in [0.4, 0.5) is 0 Å². The molecular weight excluding hydrogens is 472 g/mol. The summed E-state index contributed by atoms with van der Waals surface area (Å²) in [4.78, 5) is 0. The highest BCUT2D eigenvalue weighted by molar-refractivity contribution is 9.10. The molecule has 2 aliphatic rings. The number of fused-ring (bicyclic) bond motifs is 3. The molecule has 5 rings (SSSR count). The third-order valence-electron chi connectivity index (χ3n) is 5.86. The number of benzene rings is 3. The van der Waals surface area contributed by atoms with Crippen LogP contribution in [0.5, 0.6) is 23.0 Å². The van der Waals surface area contributed by atoms with Gasteiger partial charge in [0.15, 0.2) is 0 Å². The summed E-state index contributed by atoms with van der Waals surface area (Å²) in [6.45, 7) is 0. The van der Waals surface area contributed by atoms with Crippen molar-refractivity contribution in [1.29, 1.82) is 0 Å². The summed E-state index contributed by atoms with van der Waals surface area (Å²) >= 11 is 3.60. The number of nitrogens with zero attached hydrogens (tertiary/aromatic N) is 2. The Labute approximate surface area is 195 Å². The molecule has 6 nitrogen and oxygen atoms in total. The Hall–Kier alpha value is -3.19. The standard InChI is InChI=1S/C25H23BrN2O4/c1-29-17-6-4-5-15(11-17)21-14-22-20-12-16(26)7-10-23(20)32-25(28(22)27-21)19-9-8-18(30-2)13-24(19)31-3/h4-13,22,25H,14H2,1-3H3/t22-,25-/m0/s1. The Morgan fingerprint density at radius 3 is 2.50 bits per heavy atom. The summed E-state index contributed by atoms with van der Waals surface area (Å²) in [6.07, 6.45) is 0.326. The molecule has 0 amide bonds. The molecule has 0 radical (unpaired) electrons. The number of hydrogen-bond donors (Lipinski definition) is 0. The van der Waals surface area contributed by atoms with E-state index in [-0.39, 0.29) is 6.04 Å². The maximum atomic E-state index is 6.48. The predicted molar refractivity (Wildman–Crippen MR) is 126 cm³/mol. The summed E-state index contributed by atoms with van der Waals surface area (Å²) in [5.74, 6) is 3.07. The average molecular weight is 495 g/mol. The molecule has 32 heavy (non-hydrogen) atoms. The van der Waals surface area contributed by atoms with Gasteiger partial charge in [-0.15, -0.1) is 0 Å². The third kappa shape index (κ3) is 3.56. The van der Waals surface area contributed by atoms with E-state index in [9.17, 15) is 0 Å². The normalized spacial score (nSPS) is 18.9. The molecule has 0 aliphatic carbocycles. The van der Waals surface area contributed by atoms with Crippen LogP contribution in [0.2, 0.25) is 0 Å². The number of hydrazone groups is 1. The summed E-state index contributed by atoms with van der Waals surface area (Å²) < 4.78 is 24.0. The van der Waals surface area contributed by atoms with E-state index in [1.54, 1.807) is 21.3 Å². The van der Waals surface area contributed by atoms with Crippen molar-refractivity contribution in [2.75, 3.05) is 21.3 Å². The van der Waals surface area contributed by atoms with Gasteiger partial charge in [0.2, 0.25) is 6.23 Å². The molecule has 0 saturated carbocycles. The van der Waals surface area contributed by atoms with Gasteiger partial charge in [-0.25, -0.2) is 5.01 Å². The molecule has 0 aromatic heterocycles. The Balaban J connectivity index is 1.61. The van der Waals surface area contributed by atoms with Gasteiger partial charge >= 0.3 is 0 Å². The SMILES string of the molecule is COc1cccc(C2=NN3[C@@H](C2)c2cc(Br)ccc2O[C@H]3c2ccc(OC)cc2OC)c1. The van der Waals surface area contributed by atoms with Gasteiger partial charge in [0.05, 0.1) is 38.6 Å². The van der Waals surface area contributed by atoms with E-state index >= 15 is 0 Å². The first kappa shape index (κ1) is 20.7. The largest absolute Gasteiger partial charge is 0.497 e. The van der Waals surface area contributed by atoms with Gasteiger partial charge in [-0.1, -0.05) is 28.1 Å². The monoisotopic (exact) mass is 494 g/mol. The number of hydrogen-bond acceptors (Lipinski definition) is 6. The first-order valence-electron chi connectivity index (χ1n) is 10.3. The quantitative estimate of drug-likeness (QED) is 0.454. The predicted octanol–water partition coefficient (Wildman–Crippen LogP) is 5.72. The molecule has 2 heterocycles. The lowest BCUT2D eigenvalue weighted by Gasteiger charge is -2.38. The number of rotatable bonds is 5. The fourth-order valence-corrected chi connectivity index (χ4v) is 4.64. The van der Waals surface area contributed by atoms with Crippen LogP contribution in [0.15, 0.2) is 70.2 Å². The highest BCUT2D eigenvalue weighted by Gasteiger charge is 2.42. The van der Waals surface area contributed by atoms with E-state index in [4.69, 9.17) is 24.0 Å². The van der Waals surface area contributed by atoms with E-state index in [1.807, 2.05) is 53.5 Å². The average Bonchev–Trinajstić information content (AvgIpc) is 3.29. The second-order valence-corrected chi connectivity index (χ2v) is 8.55. The summed E-state index contributed by atoms with van der Waals surface area (Å²) in [5, 5.41) is 7.06. The number of ether oxygens (including phenoxy) is 4. The zero-order valence-electron chi connectivity index (χ0n) is 18.0. The van der Waals surface area contributed by atoms with Gasteiger partial charge in [0.1, 0.15) is 23.0 Å². The second kappa shape index (κ2) is 8.39. The van der Waals surface area contributed by atoms with Gasteiger partial charge in [-0.2, -0.15) is 5.10 Å². The Bertz CT molecular complexity index is 1200. The van der Waals surface area contributed by atoms with Crippen LogP contribution in [-0.4, -0.2) is 32.0 Å².